The molecule has 0 spiro atoms. The number of rotatable bonds is 6. The van der Waals surface area contributed by atoms with Crippen molar-refractivity contribution in [2.24, 2.45) is 5.92 Å². The SMILES string of the molecule is CCOC(=O)c1ccc(NCC(C)C(=O)OC)cc1. The minimum Gasteiger partial charge on any atom is -0.469 e. The maximum Gasteiger partial charge on any atom is 0.338 e. The molecule has 1 N–H and O–H groups in total. The van der Waals surface area contributed by atoms with Crippen LogP contribution < -0.4 is 5.32 Å². The number of anilines is 1. The Morgan fingerprint density at radius 3 is 2.42 bits per heavy atom. The third-order valence-corrected chi connectivity index (χ3v) is 2.61. The van der Waals surface area contributed by atoms with Crippen LogP contribution in [0.4, 0.5) is 5.69 Å². The van der Waals surface area contributed by atoms with Crippen LogP contribution in [0.3, 0.4) is 0 Å². The quantitative estimate of drug-likeness (QED) is 0.798. The summed E-state index contributed by atoms with van der Waals surface area (Å²) in [6, 6.07) is 6.92. The predicted octanol–water partition coefficient (Wildman–Crippen LogP) is 2.08. The third-order valence-electron chi connectivity index (χ3n) is 2.61. The Bertz CT molecular complexity index is 428. The van der Waals surface area contributed by atoms with Gasteiger partial charge in [0.05, 0.1) is 25.2 Å². The zero-order valence-electron chi connectivity index (χ0n) is 11.4. The average Bonchev–Trinajstić information content (AvgIpc) is 2.44. The highest BCUT2D eigenvalue weighted by Crippen LogP contribution is 2.11. The van der Waals surface area contributed by atoms with E-state index in [4.69, 9.17) is 4.74 Å². The molecule has 0 heterocycles. The number of nitrogens with one attached hydrogen (secondary N) is 1. The Morgan fingerprint density at radius 1 is 1.26 bits per heavy atom. The summed E-state index contributed by atoms with van der Waals surface area (Å²) in [6.45, 7) is 4.38. The van der Waals surface area contributed by atoms with Crippen LogP contribution in [0.15, 0.2) is 24.3 Å². The molecule has 1 unspecified atom stereocenters. The molecule has 0 aliphatic rings. The molecular weight excluding hydrogens is 246 g/mol. The fraction of sp³-hybridized carbons (Fsp3) is 0.429. The Labute approximate surface area is 112 Å². The molecular formula is C14H19NO4. The summed E-state index contributed by atoms with van der Waals surface area (Å²) in [5.41, 5.74) is 1.34. The van der Waals surface area contributed by atoms with Gasteiger partial charge in [-0.15, -0.1) is 0 Å². The predicted molar refractivity (Wildman–Crippen MR) is 72.1 cm³/mol. The molecule has 19 heavy (non-hydrogen) atoms. The summed E-state index contributed by atoms with van der Waals surface area (Å²) in [5.74, 6) is -0.817. The molecule has 5 nitrogen and oxygen atoms in total. The van der Waals surface area contributed by atoms with Crippen molar-refractivity contribution in [1.82, 2.24) is 0 Å². The van der Waals surface area contributed by atoms with E-state index in [1.807, 2.05) is 0 Å². The van der Waals surface area contributed by atoms with Gasteiger partial charge in [-0.1, -0.05) is 6.92 Å². The van der Waals surface area contributed by atoms with Crippen molar-refractivity contribution in [1.29, 1.82) is 0 Å². The molecule has 1 aromatic rings. The Balaban J connectivity index is 2.53. The van der Waals surface area contributed by atoms with Crippen molar-refractivity contribution in [2.45, 2.75) is 13.8 Å². The number of carbonyl (C=O) groups is 2. The minimum absolute atomic E-state index is 0.227. The smallest absolute Gasteiger partial charge is 0.338 e. The van der Waals surface area contributed by atoms with E-state index < -0.39 is 0 Å². The molecule has 1 atom stereocenters. The second-order valence-corrected chi connectivity index (χ2v) is 4.10. The fourth-order valence-corrected chi connectivity index (χ4v) is 1.49. The highest BCUT2D eigenvalue weighted by atomic mass is 16.5. The summed E-state index contributed by atoms with van der Waals surface area (Å²) in [5, 5.41) is 3.10. The number of carbonyl (C=O) groups excluding carboxylic acids is 2. The maximum atomic E-state index is 11.4. The molecule has 104 valence electrons. The highest BCUT2D eigenvalue weighted by molar-refractivity contribution is 5.89. The zero-order valence-corrected chi connectivity index (χ0v) is 11.4. The van der Waals surface area contributed by atoms with E-state index in [0.29, 0.717) is 18.7 Å². The monoisotopic (exact) mass is 265 g/mol. The third kappa shape index (κ3) is 4.62. The van der Waals surface area contributed by atoms with E-state index in [-0.39, 0.29) is 17.9 Å². The number of benzene rings is 1. The molecule has 0 amide bonds. The summed E-state index contributed by atoms with van der Waals surface area (Å²) in [4.78, 5) is 22.7. The van der Waals surface area contributed by atoms with Gasteiger partial charge in [0.2, 0.25) is 0 Å². The van der Waals surface area contributed by atoms with Crippen LogP contribution in [0, 0.1) is 5.92 Å². The van der Waals surface area contributed by atoms with Crippen LogP contribution in [0.1, 0.15) is 24.2 Å². The molecule has 0 aromatic heterocycles. The fourth-order valence-electron chi connectivity index (χ4n) is 1.49. The number of ether oxygens (including phenoxy) is 2. The van der Waals surface area contributed by atoms with Crippen LogP contribution in [-0.2, 0) is 14.3 Å². The van der Waals surface area contributed by atoms with Crippen molar-refractivity contribution < 1.29 is 19.1 Å². The van der Waals surface area contributed by atoms with Crippen molar-refractivity contribution in [3.63, 3.8) is 0 Å². The highest BCUT2D eigenvalue weighted by Gasteiger charge is 2.12. The normalized spacial score (nSPS) is 11.5. The summed E-state index contributed by atoms with van der Waals surface area (Å²) >= 11 is 0. The van der Waals surface area contributed by atoms with E-state index >= 15 is 0 Å². The van der Waals surface area contributed by atoms with Gasteiger partial charge in [-0.3, -0.25) is 4.79 Å². The van der Waals surface area contributed by atoms with Crippen molar-refractivity contribution >= 4 is 17.6 Å². The first-order valence-corrected chi connectivity index (χ1v) is 6.17. The van der Waals surface area contributed by atoms with Gasteiger partial charge in [-0.05, 0) is 31.2 Å². The van der Waals surface area contributed by atoms with E-state index in [1.165, 1.54) is 7.11 Å². The van der Waals surface area contributed by atoms with Gasteiger partial charge in [-0.2, -0.15) is 0 Å². The largest absolute Gasteiger partial charge is 0.469 e. The first-order chi connectivity index (χ1) is 9.08. The lowest BCUT2D eigenvalue weighted by Crippen LogP contribution is -2.21. The Kier molecular flexibility index (Phi) is 5.85. The van der Waals surface area contributed by atoms with Crippen molar-refractivity contribution in [3.05, 3.63) is 29.8 Å². The summed E-state index contributed by atoms with van der Waals surface area (Å²) in [6.07, 6.45) is 0. The van der Waals surface area contributed by atoms with Gasteiger partial charge in [-0.25, -0.2) is 4.79 Å². The molecule has 0 saturated carbocycles. The average molecular weight is 265 g/mol. The van der Waals surface area contributed by atoms with E-state index in [9.17, 15) is 9.59 Å². The van der Waals surface area contributed by atoms with Crippen LogP contribution in [0.5, 0.6) is 0 Å². The number of hydrogen-bond acceptors (Lipinski definition) is 5. The van der Waals surface area contributed by atoms with Gasteiger partial charge < -0.3 is 14.8 Å². The molecule has 5 heteroatoms. The molecule has 0 radical (unpaired) electrons. The number of esters is 2. The topological polar surface area (TPSA) is 64.6 Å². The maximum absolute atomic E-state index is 11.4. The van der Waals surface area contributed by atoms with Gasteiger partial charge in [0, 0.05) is 12.2 Å². The molecule has 1 aromatic carbocycles. The standard InChI is InChI=1S/C14H19NO4/c1-4-19-14(17)11-5-7-12(8-6-11)15-9-10(2)13(16)18-3/h5-8,10,15H,4,9H2,1-3H3. The van der Waals surface area contributed by atoms with E-state index in [0.717, 1.165) is 5.69 Å². The summed E-state index contributed by atoms with van der Waals surface area (Å²) < 4.78 is 9.53. The first kappa shape index (κ1) is 15.0. The lowest BCUT2D eigenvalue weighted by Gasteiger charge is -2.11. The molecule has 0 saturated heterocycles. The van der Waals surface area contributed by atoms with Crippen LogP contribution in [-0.4, -0.2) is 32.2 Å². The van der Waals surface area contributed by atoms with Gasteiger partial charge >= 0.3 is 11.9 Å². The molecule has 1 rings (SSSR count). The van der Waals surface area contributed by atoms with Crippen molar-refractivity contribution in [3.8, 4) is 0 Å². The van der Waals surface area contributed by atoms with E-state index in [2.05, 4.69) is 10.1 Å². The molecule has 0 fully saturated rings. The van der Waals surface area contributed by atoms with Gasteiger partial charge in [0.1, 0.15) is 0 Å². The van der Waals surface area contributed by atoms with Gasteiger partial charge in [0.25, 0.3) is 0 Å². The van der Waals surface area contributed by atoms with E-state index in [1.54, 1.807) is 38.1 Å². The second-order valence-electron chi connectivity index (χ2n) is 4.10. The lowest BCUT2D eigenvalue weighted by molar-refractivity contribution is -0.144. The Hall–Kier alpha value is -2.04. The van der Waals surface area contributed by atoms with Crippen LogP contribution in [0.2, 0.25) is 0 Å². The first-order valence-electron chi connectivity index (χ1n) is 6.17. The molecule has 0 aliphatic heterocycles. The molecule has 0 aliphatic carbocycles. The van der Waals surface area contributed by atoms with Gasteiger partial charge in [0.15, 0.2) is 0 Å². The van der Waals surface area contributed by atoms with Crippen LogP contribution >= 0.6 is 0 Å². The van der Waals surface area contributed by atoms with Crippen LogP contribution in [0.25, 0.3) is 0 Å². The zero-order chi connectivity index (χ0) is 14.3. The van der Waals surface area contributed by atoms with Crippen molar-refractivity contribution in [2.75, 3.05) is 25.6 Å². The Morgan fingerprint density at radius 2 is 1.89 bits per heavy atom. The second kappa shape index (κ2) is 7.41. The summed E-state index contributed by atoms with van der Waals surface area (Å²) in [7, 11) is 1.37. The number of hydrogen-bond donors (Lipinski definition) is 1. The molecule has 0 bridgehead atoms. The lowest BCUT2D eigenvalue weighted by atomic mass is 10.1. The number of methoxy groups -OCH3 is 1. The minimum atomic E-state index is -0.336.